The summed E-state index contributed by atoms with van der Waals surface area (Å²) in [7, 11) is 0. The van der Waals surface area contributed by atoms with Gasteiger partial charge in [0.15, 0.2) is 0 Å². The molecule has 0 atom stereocenters. The minimum absolute atomic E-state index is 0.0673. The second kappa shape index (κ2) is 6.23. The number of hydrogen-bond acceptors (Lipinski definition) is 1. The monoisotopic (exact) mass is 381 g/mol. The van der Waals surface area contributed by atoms with Crippen molar-refractivity contribution in [3.63, 3.8) is 0 Å². The van der Waals surface area contributed by atoms with Crippen LogP contribution >= 0.6 is 27.5 Å². The van der Waals surface area contributed by atoms with Gasteiger partial charge in [-0.3, -0.25) is 0 Å². The molecule has 1 N–H and O–H groups in total. The Bertz CT molecular complexity index is 658. The van der Waals surface area contributed by atoms with Gasteiger partial charge in [0.05, 0.1) is 16.3 Å². The normalized spacial score (nSPS) is 11.5. The van der Waals surface area contributed by atoms with Gasteiger partial charge in [0.1, 0.15) is 5.82 Å². The fourth-order valence-electron chi connectivity index (χ4n) is 1.79. The maximum Gasteiger partial charge on any atom is 0.418 e. The molecule has 2 aromatic rings. The van der Waals surface area contributed by atoms with E-state index in [-0.39, 0.29) is 22.8 Å². The number of para-hydroxylation sites is 1. The Kier molecular flexibility index (Phi) is 4.78. The highest BCUT2D eigenvalue weighted by Crippen LogP contribution is 2.38. The summed E-state index contributed by atoms with van der Waals surface area (Å²) in [5, 5.41) is 2.49. The number of nitrogens with one attached hydrogen (secondary N) is 1. The molecule has 0 aromatic heterocycles. The average molecular weight is 383 g/mol. The summed E-state index contributed by atoms with van der Waals surface area (Å²) in [4.78, 5) is 0. The lowest BCUT2D eigenvalue weighted by Crippen LogP contribution is -2.11. The number of hydrogen-bond donors (Lipinski definition) is 1. The third-order valence-corrected chi connectivity index (χ3v) is 3.60. The van der Waals surface area contributed by atoms with E-state index in [9.17, 15) is 17.6 Å². The lowest BCUT2D eigenvalue weighted by Gasteiger charge is -2.16. The first kappa shape index (κ1) is 16.1. The van der Waals surface area contributed by atoms with Gasteiger partial charge < -0.3 is 5.32 Å². The van der Waals surface area contributed by atoms with Crippen molar-refractivity contribution in [3.05, 3.63) is 62.8 Å². The zero-order valence-electron chi connectivity index (χ0n) is 10.4. The number of benzene rings is 2. The van der Waals surface area contributed by atoms with E-state index in [0.29, 0.717) is 4.47 Å². The van der Waals surface area contributed by atoms with Crippen molar-refractivity contribution in [2.75, 3.05) is 5.32 Å². The van der Waals surface area contributed by atoms with Gasteiger partial charge in [-0.15, -0.1) is 0 Å². The van der Waals surface area contributed by atoms with Crippen LogP contribution in [-0.2, 0) is 12.7 Å². The van der Waals surface area contributed by atoms with Crippen molar-refractivity contribution >= 4 is 33.2 Å². The zero-order chi connectivity index (χ0) is 15.6. The Morgan fingerprint density at radius 1 is 1.14 bits per heavy atom. The molecule has 0 aliphatic rings. The van der Waals surface area contributed by atoms with E-state index >= 15 is 0 Å². The maximum atomic E-state index is 13.7. The molecular formula is C14H9BrClF4N. The van der Waals surface area contributed by atoms with Gasteiger partial charge in [-0.25, -0.2) is 4.39 Å². The predicted octanol–water partition coefficient (Wildman–Crippen LogP) is 5.87. The third kappa shape index (κ3) is 3.89. The largest absolute Gasteiger partial charge is 0.418 e. The lowest BCUT2D eigenvalue weighted by molar-refractivity contribution is -0.136. The van der Waals surface area contributed by atoms with Crippen molar-refractivity contribution in [2.45, 2.75) is 12.7 Å². The highest BCUT2D eigenvalue weighted by atomic mass is 79.9. The summed E-state index contributed by atoms with van der Waals surface area (Å²) in [5.41, 5.74) is -0.896. The van der Waals surface area contributed by atoms with Crippen molar-refractivity contribution in [1.82, 2.24) is 0 Å². The first-order valence-corrected chi connectivity index (χ1v) is 6.99. The Hall–Kier alpha value is -1.27. The first-order valence-electron chi connectivity index (χ1n) is 5.82. The smallest absolute Gasteiger partial charge is 0.379 e. The van der Waals surface area contributed by atoms with E-state index in [1.165, 1.54) is 24.3 Å². The van der Waals surface area contributed by atoms with Gasteiger partial charge in [0, 0.05) is 16.6 Å². The van der Waals surface area contributed by atoms with Crippen LogP contribution in [0.25, 0.3) is 0 Å². The molecule has 0 saturated heterocycles. The van der Waals surface area contributed by atoms with E-state index in [1.54, 1.807) is 6.07 Å². The SMILES string of the molecule is Fc1cc(Br)ccc1CNc1c(Cl)cccc1C(F)(F)F. The molecule has 0 radical (unpaired) electrons. The molecule has 0 aliphatic carbocycles. The van der Waals surface area contributed by atoms with Crippen LogP contribution in [0.5, 0.6) is 0 Å². The molecular weight excluding hydrogens is 374 g/mol. The van der Waals surface area contributed by atoms with E-state index in [1.807, 2.05) is 0 Å². The molecule has 0 heterocycles. The fraction of sp³-hybridized carbons (Fsp3) is 0.143. The van der Waals surface area contributed by atoms with Crippen molar-refractivity contribution in [3.8, 4) is 0 Å². The van der Waals surface area contributed by atoms with Crippen LogP contribution in [0.1, 0.15) is 11.1 Å². The van der Waals surface area contributed by atoms with Crippen LogP contribution < -0.4 is 5.32 Å². The number of alkyl halides is 3. The Morgan fingerprint density at radius 3 is 2.48 bits per heavy atom. The van der Waals surface area contributed by atoms with Gasteiger partial charge in [0.25, 0.3) is 0 Å². The summed E-state index contributed by atoms with van der Waals surface area (Å²) in [6.45, 7) is -0.105. The lowest BCUT2D eigenvalue weighted by atomic mass is 10.1. The minimum Gasteiger partial charge on any atom is -0.379 e. The highest BCUT2D eigenvalue weighted by Gasteiger charge is 2.34. The summed E-state index contributed by atoms with van der Waals surface area (Å²) < 4.78 is 52.9. The van der Waals surface area contributed by atoms with Gasteiger partial charge in [-0.2, -0.15) is 13.2 Å². The quantitative estimate of drug-likeness (QED) is 0.654. The highest BCUT2D eigenvalue weighted by molar-refractivity contribution is 9.10. The van der Waals surface area contributed by atoms with Gasteiger partial charge in [-0.05, 0) is 24.3 Å². The topological polar surface area (TPSA) is 12.0 Å². The van der Waals surface area contributed by atoms with Crippen LogP contribution in [0.15, 0.2) is 40.9 Å². The third-order valence-electron chi connectivity index (χ3n) is 2.79. The van der Waals surface area contributed by atoms with E-state index < -0.39 is 17.6 Å². The first-order chi connectivity index (χ1) is 9.79. The molecule has 21 heavy (non-hydrogen) atoms. The average Bonchev–Trinajstić information content (AvgIpc) is 2.37. The molecule has 112 valence electrons. The van der Waals surface area contributed by atoms with Gasteiger partial charge in [-0.1, -0.05) is 39.7 Å². The standard InChI is InChI=1S/C14H9BrClF4N/c15-9-5-4-8(12(17)6-9)7-21-13-10(14(18,19)20)2-1-3-11(13)16/h1-6,21H,7H2. The van der Waals surface area contributed by atoms with Crippen LogP contribution in [-0.4, -0.2) is 0 Å². The van der Waals surface area contributed by atoms with Crippen molar-refractivity contribution in [1.29, 1.82) is 0 Å². The summed E-state index contributed by atoms with van der Waals surface area (Å²) in [6.07, 6.45) is -4.54. The molecule has 0 fully saturated rings. The molecule has 0 bridgehead atoms. The molecule has 2 rings (SSSR count). The minimum atomic E-state index is -4.54. The Balaban J connectivity index is 2.28. The zero-order valence-corrected chi connectivity index (χ0v) is 12.8. The van der Waals surface area contributed by atoms with Crippen LogP contribution in [0, 0.1) is 5.82 Å². The summed E-state index contributed by atoms with van der Waals surface area (Å²) >= 11 is 8.91. The molecule has 0 spiro atoms. The van der Waals surface area contributed by atoms with Gasteiger partial charge in [0.2, 0.25) is 0 Å². The summed E-state index contributed by atoms with van der Waals surface area (Å²) in [6, 6.07) is 7.82. The molecule has 0 amide bonds. The van der Waals surface area contributed by atoms with E-state index in [0.717, 1.165) is 6.07 Å². The Labute approximate surface area is 132 Å². The molecule has 7 heteroatoms. The maximum absolute atomic E-state index is 13.7. The fourth-order valence-corrected chi connectivity index (χ4v) is 2.36. The predicted molar refractivity (Wildman–Crippen MR) is 77.9 cm³/mol. The molecule has 2 aromatic carbocycles. The van der Waals surface area contributed by atoms with Gasteiger partial charge >= 0.3 is 6.18 Å². The Morgan fingerprint density at radius 2 is 1.86 bits per heavy atom. The van der Waals surface area contributed by atoms with Crippen molar-refractivity contribution < 1.29 is 17.6 Å². The molecule has 1 nitrogen and oxygen atoms in total. The second-order valence-corrected chi connectivity index (χ2v) is 5.57. The number of rotatable bonds is 3. The van der Waals surface area contributed by atoms with Crippen LogP contribution in [0.2, 0.25) is 5.02 Å². The van der Waals surface area contributed by atoms with Crippen molar-refractivity contribution in [2.24, 2.45) is 0 Å². The van der Waals surface area contributed by atoms with Crippen LogP contribution in [0.4, 0.5) is 23.2 Å². The van der Waals surface area contributed by atoms with Crippen LogP contribution in [0.3, 0.4) is 0 Å². The number of anilines is 1. The summed E-state index contributed by atoms with van der Waals surface area (Å²) in [5.74, 6) is -0.516. The molecule has 0 saturated carbocycles. The number of halogens is 6. The van der Waals surface area contributed by atoms with E-state index in [2.05, 4.69) is 21.2 Å². The molecule has 0 unspecified atom stereocenters. The molecule has 0 aliphatic heterocycles. The van der Waals surface area contributed by atoms with E-state index in [4.69, 9.17) is 11.6 Å². The second-order valence-electron chi connectivity index (χ2n) is 4.25.